The lowest BCUT2D eigenvalue weighted by molar-refractivity contribution is 0.668. The van der Waals surface area contributed by atoms with Crippen LogP contribution in [0.1, 0.15) is 112 Å². The minimum absolute atomic E-state index is 0.382. The van der Waals surface area contributed by atoms with Crippen LogP contribution >= 0.6 is 0 Å². The van der Waals surface area contributed by atoms with Crippen molar-refractivity contribution >= 4 is 65.7 Å². The van der Waals surface area contributed by atoms with Crippen molar-refractivity contribution in [3.05, 3.63) is 143 Å². The molecule has 0 fully saturated rings. The molecule has 6 heteroatoms. The van der Waals surface area contributed by atoms with E-state index in [1.54, 1.807) is 12.7 Å². The van der Waals surface area contributed by atoms with Crippen molar-refractivity contribution in [3.63, 3.8) is 0 Å². The van der Waals surface area contributed by atoms with Gasteiger partial charge >= 0.3 is 0 Å². The van der Waals surface area contributed by atoms with E-state index >= 15 is 0 Å². The number of furan rings is 2. The van der Waals surface area contributed by atoms with E-state index in [2.05, 4.69) is 152 Å². The molecule has 0 saturated carbocycles. The fourth-order valence-corrected chi connectivity index (χ4v) is 8.71. The Hall–Kier alpha value is -6.40. The molecule has 59 heavy (non-hydrogen) atoms. The Morgan fingerprint density at radius 2 is 0.763 bits per heavy atom. The summed E-state index contributed by atoms with van der Waals surface area (Å²) < 4.78 is 13.6. The second kappa shape index (κ2) is 14.2. The Kier molecular flexibility index (Phi) is 8.86. The summed E-state index contributed by atoms with van der Waals surface area (Å²) in [6.07, 6.45) is 4.04. The van der Waals surface area contributed by atoms with Crippen LogP contribution in [0.15, 0.2) is 119 Å². The molecule has 10 aromatic rings. The molecule has 0 atom stereocenters. The maximum atomic E-state index is 6.82. The maximum absolute atomic E-state index is 6.82. The monoisotopic (exact) mass is 772 g/mol. The number of benzene rings is 6. The standard InChI is InChI=1S/C53H48N4O2/c1-28(2)34-11-15-40-46(22-34)54-26-56-50(40)44-20-32(18-42-38-13-9-36(30(5)6)24-48(38)58-52(42)44)17-33-19-43-39-14-10-37(31(7)8)25-49(39)59-53(43)45(21-33)51-41-16-12-35(29(3)4)23-47(41)55-27-57-51/h9-16,18-31H,17H2,1-8H3. The Morgan fingerprint density at radius 1 is 0.390 bits per heavy atom. The lowest BCUT2D eigenvalue weighted by Crippen LogP contribution is -1.96. The van der Waals surface area contributed by atoms with Gasteiger partial charge in [-0.15, -0.1) is 0 Å². The van der Waals surface area contributed by atoms with Crippen molar-refractivity contribution in [1.82, 2.24) is 19.9 Å². The number of aromatic nitrogens is 4. The Bertz CT molecular complexity index is 3060. The van der Waals surface area contributed by atoms with Crippen LogP contribution in [0.5, 0.6) is 0 Å². The van der Waals surface area contributed by atoms with Crippen molar-refractivity contribution in [2.24, 2.45) is 0 Å². The van der Waals surface area contributed by atoms with Gasteiger partial charge in [0.25, 0.3) is 0 Å². The summed E-state index contributed by atoms with van der Waals surface area (Å²) in [7, 11) is 0. The van der Waals surface area contributed by atoms with Gasteiger partial charge in [-0.25, -0.2) is 19.9 Å². The molecule has 0 spiro atoms. The molecule has 0 amide bonds. The highest BCUT2D eigenvalue weighted by atomic mass is 16.3. The van der Waals surface area contributed by atoms with Crippen LogP contribution in [-0.2, 0) is 6.42 Å². The molecular formula is C53H48N4O2. The van der Waals surface area contributed by atoms with E-state index in [9.17, 15) is 0 Å². The van der Waals surface area contributed by atoms with Crippen LogP contribution in [0, 0.1) is 0 Å². The Balaban J connectivity index is 1.21. The first-order valence-corrected chi connectivity index (χ1v) is 21.0. The Labute approximate surface area is 344 Å². The van der Waals surface area contributed by atoms with E-state index in [0.717, 1.165) is 99.3 Å². The average Bonchev–Trinajstić information content (AvgIpc) is 3.79. The lowest BCUT2D eigenvalue weighted by atomic mass is 9.93. The molecule has 4 heterocycles. The number of fused-ring (bicyclic) bond motifs is 8. The quantitative estimate of drug-likeness (QED) is 0.153. The lowest BCUT2D eigenvalue weighted by Gasteiger charge is -2.13. The number of hydrogen-bond acceptors (Lipinski definition) is 6. The minimum atomic E-state index is 0.382. The van der Waals surface area contributed by atoms with Crippen LogP contribution in [-0.4, -0.2) is 19.9 Å². The summed E-state index contributed by atoms with van der Waals surface area (Å²) in [6.45, 7) is 17.7. The van der Waals surface area contributed by atoms with E-state index < -0.39 is 0 Å². The van der Waals surface area contributed by atoms with Crippen LogP contribution in [0.2, 0.25) is 0 Å². The predicted molar refractivity (Wildman–Crippen MR) is 244 cm³/mol. The SMILES string of the molecule is CC(C)c1ccc2c(-c3cc(Cc4cc(-c5ncnc6cc(C(C)C)ccc56)c5oc6cc(C(C)C)ccc6c5c4)cc4c3oc3cc(C(C)C)ccc34)ncnc2c1. The van der Waals surface area contributed by atoms with E-state index in [1.807, 2.05) is 0 Å². The topological polar surface area (TPSA) is 77.8 Å². The van der Waals surface area contributed by atoms with Gasteiger partial charge in [0.2, 0.25) is 0 Å². The van der Waals surface area contributed by atoms with Crippen LogP contribution in [0.25, 0.3) is 88.2 Å². The number of rotatable bonds is 8. The fraction of sp³-hybridized carbons (Fsp3) is 0.245. The summed E-state index contributed by atoms with van der Waals surface area (Å²) >= 11 is 0. The second-order valence-corrected chi connectivity index (χ2v) is 17.5. The van der Waals surface area contributed by atoms with E-state index in [-0.39, 0.29) is 0 Å². The van der Waals surface area contributed by atoms with Gasteiger partial charge in [-0.1, -0.05) is 104 Å². The van der Waals surface area contributed by atoms with Gasteiger partial charge < -0.3 is 8.83 Å². The minimum Gasteiger partial charge on any atom is -0.455 e. The highest BCUT2D eigenvalue weighted by Gasteiger charge is 2.22. The molecule has 0 unspecified atom stereocenters. The summed E-state index contributed by atoms with van der Waals surface area (Å²) in [5.74, 6) is 1.55. The van der Waals surface area contributed by atoms with Crippen LogP contribution in [0.4, 0.5) is 0 Å². The van der Waals surface area contributed by atoms with E-state index in [1.165, 1.54) is 22.3 Å². The summed E-state index contributed by atoms with van der Waals surface area (Å²) in [5.41, 5.74) is 16.3. The molecule has 0 aliphatic heterocycles. The van der Waals surface area contributed by atoms with Crippen molar-refractivity contribution < 1.29 is 8.83 Å². The third-order valence-electron chi connectivity index (χ3n) is 12.2. The summed E-state index contributed by atoms with van der Waals surface area (Å²) in [6, 6.07) is 35.6. The van der Waals surface area contributed by atoms with Gasteiger partial charge in [-0.3, -0.25) is 0 Å². The molecule has 0 saturated heterocycles. The second-order valence-electron chi connectivity index (χ2n) is 17.5. The molecule has 4 aromatic heterocycles. The van der Waals surface area contributed by atoms with Gasteiger partial charge in [0, 0.05) is 43.4 Å². The first-order chi connectivity index (χ1) is 28.5. The largest absolute Gasteiger partial charge is 0.455 e. The molecule has 0 radical (unpaired) electrons. The Morgan fingerprint density at radius 3 is 1.15 bits per heavy atom. The van der Waals surface area contributed by atoms with Crippen LogP contribution < -0.4 is 0 Å². The van der Waals surface area contributed by atoms with E-state index in [0.29, 0.717) is 30.1 Å². The molecule has 0 bridgehead atoms. The third kappa shape index (κ3) is 6.33. The zero-order valence-corrected chi connectivity index (χ0v) is 35.0. The van der Waals surface area contributed by atoms with Gasteiger partial charge in [0.15, 0.2) is 0 Å². The van der Waals surface area contributed by atoms with E-state index in [4.69, 9.17) is 28.8 Å². The molecule has 0 aliphatic rings. The van der Waals surface area contributed by atoms with Gasteiger partial charge in [-0.05, 0) is 112 Å². The van der Waals surface area contributed by atoms with Crippen molar-refractivity contribution in [3.8, 4) is 22.5 Å². The van der Waals surface area contributed by atoms with Crippen LogP contribution in [0.3, 0.4) is 0 Å². The van der Waals surface area contributed by atoms with Crippen molar-refractivity contribution in [1.29, 1.82) is 0 Å². The molecule has 10 rings (SSSR count). The first kappa shape index (κ1) is 36.9. The molecule has 6 nitrogen and oxygen atoms in total. The highest BCUT2D eigenvalue weighted by Crippen LogP contribution is 2.43. The molecule has 292 valence electrons. The zero-order valence-electron chi connectivity index (χ0n) is 35.0. The van der Waals surface area contributed by atoms with Gasteiger partial charge in [0.05, 0.1) is 22.4 Å². The highest BCUT2D eigenvalue weighted by molar-refractivity contribution is 6.13. The molecule has 0 aliphatic carbocycles. The molecule has 6 aromatic carbocycles. The maximum Gasteiger partial charge on any atom is 0.144 e. The van der Waals surface area contributed by atoms with Gasteiger partial charge in [0.1, 0.15) is 35.0 Å². The molecular weight excluding hydrogens is 725 g/mol. The number of hydrogen-bond donors (Lipinski definition) is 0. The number of nitrogens with zero attached hydrogens (tertiary/aromatic N) is 4. The normalized spacial score (nSPS) is 12.4. The zero-order chi connectivity index (χ0) is 40.7. The third-order valence-corrected chi connectivity index (χ3v) is 12.2. The predicted octanol–water partition coefficient (Wildman–Crippen LogP) is 14.8. The van der Waals surface area contributed by atoms with Crippen molar-refractivity contribution in [2.75, 3.05) is 0 Å². The fourth-order valence-electron chi connectivity index (χ4n) is 8.71. The average molecular weight is 773 g/mol. The van der Waals surface area contributed by atoms with Crippen molar-refractivity contribution in [2.45, 2.75) is 85.5 Å². The van der Waals surface area contributed by atoms with Gasteiger partial charge in [-0.2, -0.15) is 0 Å². The molecule has 0 N–H and O–H groups in total. The smallest absolute Gasteiger partial charge is 0.144 e. The summed E-state index contributed by atoms with van der Waals surface area (Å²) in [4.78, 5) is 19.4. The summed E-state index contributed by atoms with van der Waals surface area (Å²) in [5, 5.41) is 6.35. The first-order valence-electron chi connectivity index (χ1n) is 21.0.